The first kappa shape index (κ1) is 15.2. The lowest BCUT2D eigenvalue weighted by molar-refractivity contribution is 0.368. The van der Waals surface area contributed by atoms with Gasteiger partial charge in [-0.15, -0.1) is 10.2 Å². The third-order valence-electron chi connectivity index (χ3n) is 4.36. The van der Waals surface area contributed by atoms with E-state index in [2.05, 4.69) is 48.6 Å². The van der Waals surface area contributed by atoms with Crippen LogP contribution >= 0.6 is 11.6 Å². The second-order valence-corrected chi connectivity index (χ2v) is 7.65. The van der Waals surface area contributed by atoms with Crippen molar-refractivity contribution in [2.24, 2.45) is 7.05 Å². The highest BCUT2D eigenvalue weighted by molar-refractivity contribution is 6.29. The molecule has 1 fully saturated rings. The third-order valence-corrected chi connectivity index (χ3v) is 4.55. The number of rotatable bonds is 2. The lowest BCUT2D eigenvalue weighted by atomic mass is 9.61. The minimum atomic E-state index is -0.186. The van der Waals surface area contributed by atoms with E-state index in [0.29, 0.717) is 5.15 Å². The molecule has 0 saturated heterocycles. The molecule has 116 valence electrons. The Bertz CT molecular complexity index is 731. The number of halogens is 1. The van der Waals surface area contributed by atoms with Crippen molar-refractivity contribution in [2.45, 2.75) is 44.4 Å². The van der Waals surface area contributed by atoms with Crippen molar-refractivity contribution in [2.75, 3.05) is 0 Å². The van der Waals surface area contributed by atoms with E-state index in [1.807, 2.05) is 17.7 Å². The Labute approximate surface area is 136 Å². The monoisotopic (exact) mass is 316 g/mol. The molecule has 0 unspecified atom stereocenters. The summed E-state index contributed by atoms with van der Waals surface area (Å²) in [5.74, 6) is 0.960. The van der Waals surface area contributed by atoms with Gasteiger partial charge in [-0.2, -0.15) is 0 Å². The van der Waals surface area contributed by atoms with Crippen LogP contribution < -0.4 is 0 Å². The Morgan fingerprint density at radius 1 is 1.27 bits per heavy atom. The predicted molar refractivity (Wildman–Crippen MR) is 88.1 cm³/mol. The van der Waals surface area contributed by atoms with E-state index in [-0.39, 0.29) is 10.8 Å². The van der Waals surface area contributed by atoms with Gasteiger partial charge >= 0.3 is 0 Å². The summed E-state index contributed by atoms with van der Waals surface area (Å²) in [6.45, 7) is 10.5. The van der Waals surface area contributed by atoms with Crippen molar-refractivity contribution in [1.29, 1.82) is 0 Å². The van der Waals surface area contributed by atoms with Gasteiger partial charge in [-0.1, -0.05) is 44.5 Å². The molecule has 5 heteroatoms. The van der Waals surface area contributed by atoms with Crippen molar-refractivity contribution < 1.29 is 0 Å². The van der Waals surface area contributed by atoms with Gasteiger partial charge in [0.05, 0.1) is 5.41 Å². The molecule has 0 aliphatic heterocycles. The molecule has 4 nitrogen and oxygen atoms in total. The fraction of sp³-hybridized carbons (Fsp3) is 0.471. The van der Waals surface area contributed by atoms with E-state index >= 15 is 0 Å². The Balaban J connectivity index is 2.17. The van der Waals surface area contributed by atoms with Crippen LogP contribution in [0.5, 0.6) is 0 Å². The largest absolute Gasteiger partial charge is 0.320 e. The maximum Gasteiger partial charge on any atom is 0.143 e. The van der Waals surface area contributed by atoms with Crippen LogP contribution in [0.15, 0.2) is 30.6 Å². The number of hydrogen-bond donors (Lipinski definition) is 0. The summed E-state index contributed by atoms with van der Waals surface area (Å²) in [5, 5.41) is 8.93. The van der Waals surface area contributed by atoms with E-state index in [4.69, 9.17) is 11.6 Å². The maximum absolute atomic E-state index is 6.30. The fourth-order valence-corrected chi connectivity index (χ4v) is 3.38. The molecule has 1 aliphatic carbocycles. The quantitative estimate of drug-likeness (QED) is 0.625. The highest BCUT2D eigenvalue weighted by Crippen LogP contribution is 2.51. The van der Waals surface area contributed by atoms with Crippen molar-refractivity contribution in [3.8, 4) is 0 Å². The van der Waals surface area contributed by atoms with Gasteiger partial charge in [0.1, 0.15) is 17.3 Å². The standard InChI is InChI=1S/C17H21ClN4/c1-11-8-17(9-11,15-21-19-10-22(15)5)12-6-13(16(2,3)4)20-14(18)7-12/h6-7,10H,1,8-9H2,2-5H3. The molecule has 0 N–H and O–H groups in total. The summed E-state index contributed by atoms with van der Waals surface area (Å²) >= 11 is 6.30. The van der Waals surface area contributed by atoms with Gasteiger partial charge in [0, 0.05) is 18.2 Å². The first-order valence-electron chi connectivity index (χ1n) is 7.42. The van der Waals surface area contributed by atoms with Crippen LogP contribution in [0, 0.1) is 0 Å². The van der Waals surface area contributed by atoms with Crippen molar-refractivity contribution in [3.05, 3.63) is 52.8 Å². The van der Waals surface area contributed by atoms with Gasteiger partial charge in [-0.25, -0.2) is 4.98 Å². The number of aromatic nitrogens is 4. The fourth-order valence-electron chi connectivity index (χ4n) is 3.17. The maximum atomic E-state index is 6.30. The topological polar surface area (TPSA) is 43.6 Å². The Kier molecular flexibility index (Phi) is 3.40. The van der Waals surface area contributed by atoms with E-state index in [9.17, 15) is 0 Å². The van der Waals surface area contributed by atoms with Crippen molar-refractivity contribution in [1.82, 2.24) is 19.7 Å². The van der Waals surface area contributed by atoms with Crippen LogP contribution in [0.1, 0.15) is 50.7 Å². The zero-order valence-electron chi connectivity index (χ0n) is 13.5. The Morgan fingerprint density at radius 2 is 1.95 bits per heavy atom. The molecule has 22 heavy (non-hydrogen) atoms. The second kappa shape index (κ2) is 4.92. The zero-order valence-corrected chi connectivity index (χ0v) is 14.3. The third kappa shape index (κ3) is 2.35. The lowest BCUT2D eigenvalue weighted by Gasteiger charge is -2.43. The second-order valence-electron chi connectivity index (χ2n) is 7.26. The van der Waals surface area contributed by atoms with Gasteiger partial charge < -0.3 is 4.57 Å². The molecular formula is C17H21ClN4. The average molecular weight is 317 g/mol. The molecule has 0 aromatic carbocycles. The Hall–Kier alpha value is -1.68. The van der Waals surface area contributed by atoms with Crippen molar-refractivity contribution in [3.63, 3.8) is 0 Å². The van der Waals surface area contributed by atoms with Crippen LogP contribution in [0.2, 0.25) is 5.15 Å². The van der Waals surface area contributed by atoms with Crippen LogP contribution in [-0.4, -0.2) is 19.7 Å². The summed E-state index contributed by atoms with van der Waals surface area (Å²) in [4.78, 5) is 4.50. The summed E-state index contributed by atoms with van der Waals surface area (Å²) in [7, 11) is 1.98. The number of nitrogens with zero attached hydrogens (tertiary/aromatic N) is 4. The molecule has 0 radical (unpaired) electrons. The summed E-state index contributed by atoms with van der Waals surface area (Å²) in [6.07, 6.45) is 3.50. The highest BCUT2D eigenvalue weighted by Gasteiger charge is 2.46. The molecular weight excluding hydrogens is 296 g/mol. The lowest BCUT2D eigenvalue weighted by Crippen LogP contribution is -2.40. The molecule has 0 bridgehead atoms. The minimum Gasteiger partial charge on any atom is -0.320 e. The first-order valence-corrected chi connectivity index (χ1v) is 7.80. The molecule has 3 rings (SSSR count). The minimum absolute atomic E-state index is 0.0541. The van der Waals surface area contributed by atoms with Gasteiger partial charge in [-0.3, -0.25) is 0 Å². The van der Waals surface area contributed by atoms with Gasteiger partial charge in [0.15, 0.2) is 0 Å². The van der Waals surface area contributed by atoms with E-state index < -0.39 is 0 Å². The van der Waals surface area contributed by atoms with E-state index in [0.717, 1.165) is 29.9 Å². The van der Waals surface area contributed by atoms with Crippen LogP contribution in [-0.2, 0) is 17.9 Å². The van der Waals surface area contributed by atoms with E-state index in [1.54, 1.807) is 6.33 Å². The van der Waals surface area contributed by atoms with Crippen LogP contribution in [0.3, 0.4) is 0 Å². The first-order chi connectivity index (χ1) is 10.2. The molecule has 0 amide bonds. The van der Waals surface area contributed by atoms with E-state index in [1.165, 1.54) is 5.57 Å². The zero-order chi connectivity index (χ0) is 16.1. The molecule has 0 spiro atoms. The van der Waals surface area contributed by atoms with Crippen molar-refractivity contribution >= 4 is 11.6 Å². The molecule has 2 aromatic heterocycles. The molecule has 2 aromatic rings. The summed E-state index contributed by atoms with van der Waals surface area (Å²) < 4.78 is 1.98. The smallest absolute Gasteiger partial charge is 0.143 e. The SMILES string of the molecule is C=C1CC(c2cc(Cl)nc(C(C)(C)C)c2)(c2nncn2C)C1. The number of pyridine rings is 1. The highest BCUT2D eigenvalue weighted by atomic mass is 35.5. The van der Waals surface area contributed by atoms with Gasteiger partial charge in [0.25, 0.3) is 0 Å². The predicted octanol–water partition coefficient (Wildman–Crippen LogP) is 3.80. The van der Waals surface area contributed by atoms with Crippen LogP contribution in [0.4, 0.5) is 0 Å². The number of allylic oxidation sites excluding steroid dienone is 1. The molecule has 1 aliphatic rings. The number of aryl methyl sites for hydroxylation is 1. The van der Waals surface area contributed by atoms with Crippen LogP contribution in [0.25, 0.3) is 0 Å². The van der Waals surface area contributed by atoms with Gasteiger partial charge in [0.2, 0.25) is 0 Å². The molecule has 2 heterocycles. The Morgan fingerprint density at radius 3 is 2.45 bits per heavy atom. The summed E-state index contributed by atoms with van der Waals surface area (Å²) in [5.41, 5.74) is 3.14. The average Bonchev–Trinajstić information content (AvgIpc) is 2.79. The molecule has 0 atom stereocenters. The number of hydrogen-bond acceptors (Lipinski definition) is 3. The molecule has 1 saturated carbocycles. The normalized spacial score (nSPS) is 17.4. The summed E-state index contributed by atoms with van der Waals surface area (Å²) in [6, 6.07) is 4.12. The van der Waals surface area contributed by atoms with Gasteiger partial charge in [-0.05, 0) is 30.5 Å².